The molecule has 2 fully saturated rings. The second-order valence-electron chi connectivity index (χ2n) is 8.50. The average molecular weight is 399 g/mol. The first kappa shape index (κ1) is 18.1. The van der Waals surface area contributed by atoms with Gasteiger partial charge in [-0.3, -0.25) is 4.90 Å². The number of rotatable bonds is 5. The summed E-state index contributed by atoms with van der Waals surface area (Å²) >= 11 is 0. The van der Waals surface area contributed by atoms with Gasteiger partial charge in [-0.2, -0.15) is 0 Å². The highest BCUT2D eigenvalue weighted by atomic mass is 32.2. The Morgan fingerprint density at radius 3 is 2.82 bits per heavy atom. The van der Waals surface area contributed by atoms with E-state index in [1.54, 1.807) is 6.20 Å². The van der Waals surface area contributed by atoms with E-state index in [1.807, 2.05) is 12.1 Å². The fourth-order valence-corrected chi connectivity index (χ4v) is 6.48. The van der Waals surface area contributed by atoms with Crippen molar-refractivity contribution >= 4 is 15.8 Å². The van der Waals surface area contributed by atoms with Gasteiger partial charge in [0, 0.05) is 43.9 Å². The van der Waals surface area contributed by atoms with Crippen LogP contribution >= 0.6 is 0 Å². The molecule has 1 saturated heterocycles. The van der Waals surface area contributed by atoms with Gasteiger partial charge in [-0.15, -0.1) is 0 Å². The van der Waals surface area contributed by atoms with E-state index in [9.17, 15) is 8.42 Å². The van der Waals surface area contributed by atoms with Crippen LogP contribution in [-0.4, -0.2) is 48.2 Å². The van der Waals surface area contributed by atoms with Crippen LogP contribution in [0.3, 0.4) is 0 Å². The van der Waals surface area contributed by atoms with Crippen molar-refractivity contribution in [3.63, 3.8) is 0 Å². The Labute approximate surface area is 166 Å². The van der Waals surface area contributed by atoms with Crippen molar-refractivity contribution in [2.24, 2.45) is 5.92 Å². The molecule has 1 aromatic heterocycles. The Bertz CT molecular complexity index is 1000. The zero-order valence-electron chi connectivity index (χ0n) is 16.1. The standard InChI is InChI=1S/C21H26N4O2S/c1-14-4-2-3-5-16(14)10-25-11-18-19(12-25)28(26,27)13-17-9-23-21(24-20(17)18)22-8-15-6-7-15/h2-5,9,15,18-19H,6-8,10-13H2,1H3,(H,22,23,24)/t18-,19+/m1/s1. The summed E-state index contributed by atoms with van der Waals surface area (Å²) in [5, 5.41) is 2.97. The van der Waals surface area contributed by atoms with Crippen molar-refractivity contribution in [1.82, 2.24) is 14.9 Å². The summed E-state index contributed by atoms with van der Waals surface area (Å²) in [4.78, 5) is 11.4. The molecule has 3 aliphatic rings. The Hall–Kier alpha value is -1.99. The molecule has 6 nitrogen and oxygen atoms in total. The Kier molecular flexibility index (Phi) is 4.39. The molecule has 1 N–H and O–H groups in total. The molecule has 7 heteroatoms. The number of fused-ring (bicyclic) bond motifs is 3. The summed E-state index contributed by atoms with van der Waals surface area (Å²) in [7, 11) is -3.18. The molecule has 0 radical (unpaired) electrons. The van der Waals surface area contributed by atoms with Crippen molar-refractivity contribution in [1.29, 1.82) is 0 Å². The number of hydrogen-bond donors (Lipinski definition) is 1. The van der Waals surface area contributed by atoms with Crippen LogP contribution in [0.5, 0.6) is 0 Å². The van der Waals surface area contributed by atoms with Crippen LogP contribution < -0.4 is 5.32 Å². The van der Waals surface area contributed by atoms with Crippen molar-refractivity contribution in [3.05, 3.63) is 52.8 Å². The smallest absolute Gasteiger partial charge is 0.222 e. The maximum atomic E-state index is 12.9. The van der Waals surface area contributed by atoms with E-state index >= 15 is 0 Å². The molecule has 1 saturated carbocycles. The monoisotopic (exact) mass is 398 g/mol. The summed E-state index contributed by atoms with van der Waals surface area (Å²) in [6.07, 6.45) is 4.26. The average Bonchev–Trinajstić information content (AvgIpc) is 3.39. The van der Waals surface area contributed by atoms with Gasteiger partial charge in [0.15, 0.2) is 9.84 Å². The number of hydrogen-bond acceptors (Lipinski definition) is 6. The molecule has 0 bridgehead atoms. The van der Waals surface area contributed by atoms with Crippen molar-refractivity contribution in [3.8, 4) is 0 Å². The topological polar surface area (TPSA) is 75.2 Å². The van der Waals surface area contributed by atoms with E-state index in [4.69, 9.17) is 4.98 Å². The van der Waals surface area contributed by atoms with Gasteiger partial charge >= 0.3 is 0 Å². The third-order valence-corrected chi connectivity index (χ3v) is 8.42. The van der Waals surface area contributed by atoms with E-state index in [1.165, 1.54) is 24.0 Å². The highest BCUT2D eigenvalue weighted by Crippen LogP contribution is 2.40. The van der Waals surface area contributed by atoms with Crippen LogP contribution in [0.1, 0.15) is 41.1 Å². The fraction of sp³-hybridized carbons (Fsp3) is 0.524. The number of anilines is 1. The van der Waals surface area contributed by atoms with Crippen LogP contribution in [0.25, 0.3) is 0 Å². The van der Waals surface area contributed by atoms with E-state index in [0.29, 0.717) is 12.5 Å². The Morgan fingerprint density at radius 1 is 1.21 bits per heavy atom. The third-order valence-electron chi connectivity index (χ3n) is 6.31. The summed E-state index contributed by atoms with van der Waals surface area (Å²) in [5.74, 6) is 1.37. The number of benzene rings is 1. The lowest BCUT2D eigenvalue weighted by Gasteiger charge is -2.26. The first-order chi connectivity index (χ1) is 13.5. The summed E-state index contributed by atoms with van der Waals surface area (Å²) < 4.78 is 25.8. The molecule has 28 heavy (non-hydrogen) atoms. The van der Waals surface area contributed by atoms with Gasteiger partial charge in [-0.1, -0.05) is 24.3 Å². The van der Waals surface area contributed by atoms with Crippen molar-refractivity contribution < 1.29 is 8.42 Å². The molecule has 1 aromatic carbocycles. The lowest BCUT2D eigenvalue weighted by molar-refractivity contribution is 0.326. The van der Waals surface area contributed by atoms with Crippen molar-refractivity contribution in [2.75, 3.05) is 25.0 Å². The number of likely N-dealkylation sites (tertiary alicyclic amines) is 1. The zero-order valence-corrected chi connectivity index (χ0v) is 17.0. The zero-order chi connectivity index (χ0) is 19.3. The molecule has 1 aliphatic carbocycles. The maximum absolute atomic E-state index is 12.9. The van der Waals surface area contributed by atoms with Gasteiger partial charge in [0.2, 0.25) is 5.95 Å². The second kappa shape index (κ2) is 6.81. The molecular formula is C21H26N4O2S. The van der Waals surface area contributed by atoms with E-state index in [-0.39, 0.29) is 16.9 Å². The first-order valence-corrected chi connectivity index (χ1v) is 11.8. The van der Waals surface area contributed by atoms with E-state index < -0.39 is 9.84 Å². The molecule has 0 unspecified atom stereocenters. The number of nitrogens with one attached hydrogen (secondary N) is 1. The van der Waals surface area contributed by atoms with Gasteiger partial charge in [0.1, 0.15) is 0 Å². The minimum Gasteiger partial charge on any atom is -0.354 e. The Balaban J connectivity index is 1.41. The predicted octanol–water partition coefficient (Wildman–Crippen LogP) is 2.50. The normalized spacial score (nSPS) is 25.9. The van der Waals surface area contributed by atoms with Gasteiger partial charge < -0.3 is 5.32 Å². The SMILES string of the molecule is Cc1ccccc1CN1C[C@H]2c3nc(NCC4CC4)ncc3CS(=O)(=O)[C@H]2C1. The van der Waals surface area contributed by atoms with Gasteiger partial charge in [-0.05, 0) is 36.8 Å². The molecule has 2 aromatic rings. The second-order valence-corrected chi connectivity index (χ2v) is 10.7. The fourth-order valence-electron chi connectivity index (χ4n) is 4.45. The highest BCUT2D eigenvalue weighted by Gasteiger charge is 2.47. The minimum absolute atomic E-state index is 0.0601. The number of aryl methyl sites for hydroxylation is 1. The van der Waals surface area contributed by atoms with Gasteiger partial charge in [0.25, 0.3) is 0 Å². The molecule has 148 valence electrons. The van der Waals surface area contributed by atoms with E-state index in [2.05, 4.69) is 34.3 Å². The molecular weight excluding hydrogens is 372 g/mol. The Morgan fingerprint density at radius 2 is 2.04 bits per heavy atom. The van der Waals surface area contributed by atoms with Crippen LogP contribution in [-0.2, 0) is 22.1 Å². The molecule has 3 heterocycles. The number of aromatic nitrogens is 2. The molecule has 0 spiro atoms. The largest absolute Gasteiger partial charge is 0.354 e. The van der Waals surface area contributed by atoms with Crippen LogP contribution in [0, 0.1) is 12.8 Å². The van der Waals surface area contributed by atoms with Crippen molar-refractivity contribution in [2.45, 2.75) is 43.2 Å². The number of sulfone groups is 1. The van der Waals surface area contributed by atoms with Gasteiger partial charge in [0.05, 0.1) is 16.7 Å². The highest BCUT2D eigenvalue weighted by molar-refractivity contribution is 7.91. The van der Waals surface area contributed by atoms with Crippen LogP contribution in [0.15, 0.2) is 30.5 Å². The predicted molar refractivity (Wildman–Crippen MR) is 109 cm³/mol. The first-order valence-electron chi connectivity index (χ1n) is 10.1. The summed E-state index contributed by atoms with van der Waals surface area (Å²) in [6.45, 7) is 5.10. The lowest BCUT2D eigenvalue weighted by Crippen LogP contribution is -2.35. The molecule has 2 aliphatic heterocycles. The summed E-state index contributed by atoms with van der Waals surface area (Å²) in [5.41, 5.74) is 4.21. The van der Waals surface area contributed by atoms with Crippen LogP contribution in [0.4, 0.5) is 5.95 Å². The minimum atomic E-state index is -3.18. The molecule has 5 rings (SSSR count). The van der Waals surface area contributed by atoms with Gasteiger partial charge in [-0.25, -0.2) is 18.4 Å². The maximum Gasteiger partial charge on any atom is 0.222 e. The lowest BCUT2D eigenvalue weighted by atomic mass is 10.00. The third kappa shape index (κ3) is 3.42. The summed E-state index contributed by atoms with van der Waals surface area (Å²) in [6, 6.07) is 8.32. The number of nitrogens with zero attached hydrogens (tertiary/aromatic N) is 3. The molecule has 2 atom stereocenters. The molecule has 0 amide bonds. The van der Waals surface area contributed by atoms with Crippen LogP contribution in [0.2, 0.25) is 0 Å². The quantitative estimate of drug-likeness (QED) is 0.834. The van der Waals surface area contributed by atoms with E-state index in [0.717, 1.165) is 36.8 Å².